The van der Waals surface area contributed by atoms with Crippen LogP contribution in [0.3, 0.4) is 0 Å². The molecule has 0 aliphatic carbocycles. The van der Waals surface area contributed by atoms with E-state index >= 15 is 0 Å². The van der Waals surface area contributed by atoms with E-state index < -0.39 is 35.9 Å². The number of hydrogen-bond donors (Lipinski definition) is 1. The van der Waals surface area contributed by atoms with E-state index in [9.17, 15) is 27.2 Å². The highest BCUT2D eigenvalue weighted by molar-refractivity contribution is 6.30. The number of halogens is 5. The minimum absolute atomic E-state index is 0.0396. The third kappa shape index (κ3) is 6.47. The fourth-order valence-corrected chi connectivity index (χ4v) is 6.39. The van der Waals surface area contributed by atoms with Gasteiger partial charge in [0, 0.05) is 23.8 Å². The molecule has 2 fully saturated rings. The van der Waals surface area contributed by atoms with Gasteiger partial charge in [-0.25, -0.2) is 4.39 Å². The van der Waals surface area contributed by atoms with Crippen LogP contribution in [-0.2, 0) is 11.3 Å². The summed E-state index contributed by atoms with van der Waals surface area (Å²) in [5.41, 5.74) is 2.32. The Labute approximate surface area is 247 Å². The quantitative estimate of drug-likeness (QED) is 0.297. The van der Waals surface area contributed by atoms with E-state index in [1.807, 2.05) is 0 Å². The molecule has 0 aromatic heterocycles. The maximum atomic E-state index is 14.9. The second kappa shape index (κ2) is 12.4. The van der Waals surface area contributed by atoms with Crippen molar-refractivity contribution in [1.82, 2.24) is 9.80 Å². The van der Waals surface area contributed by atoms with Gasteiger partial charge >= 0.3 is 6.18 Å². The second-order valence-electron chi connectivity index (χ2n) is 11.0. The monoisotopic (exact) mass is 601 g/mol. The molecule has 3 atom stereocenters. The van der Waals surface area contributed by atoms with E-state index in [1.165, 1.54) is 11.0 Å². The van der Waals surface area contributed by atoms with Gasteiger partial charge in [0.1, 0.15) is 11.9 Å². The number of nitrogens with one attached hydrogen (secondary N) is 1. The largest absolute Gasteiger partial charge is 0.404 e. The van der Waals surface area contributed by atoms with Crippen molar-refractivity contribution in [1.29, 1.82) is 0 Å². The van der Waals surface area contributed by atoms with Gasteiger partial charge in [-0.15, -0.1) is 0 Å². The molecular formula is C32H32ClF4N3O2. The van der Waals surface area contributed by atoms with E-state index in [2.05, 4.69) is 5.32 Å². The van der Waals surface area contributed by atoms with Crippen LogP contribution in [0, 0.1) is 18.7 Å². The molecule has 3 aromatic rings. The van der Waals surface area contributed by atoms with Crippen molar-refractivity contribution in [2.24, 2.45) is 5.92 Å². The van der Waals surface area contributed by atoms with Crippen molar-refractivity contribution < 1.29 is 27.2 Å². The molecule has 3 aromatic carbocycles. The van der Waals surface area contributed by atoms with Crippen molar-refractivity contribution in [3.8, 4) is 0 Å². The first-order valence-corrected chi connectivity index (χ1v) is 14.4. The summed E-state index contributed by atoms with van der Waals surface area (Å²) in [4.78, 5) is 30.5. The summed E-state index contributed by atoms with van der Waals surface area (Å²) in [6.07, 6.45) is -2.69. The van der Waals surface area contributed by atoms with Gasteiger partial charge in [-0.3, -0.25) is 14.5 Å². The number of piperidine rings is 1. The lowest BCUT2D eigenvalue weighted by Crippen LogP contribution is -2.46. The molecule has 5 rings (SSSR count). The fourth-order valence-electron chi connectivity index (χ4n) is 6.20. The van der Waals surface area contributed by atoms with Crippen LogP contribution in [0.1, 0.15) is 58.8 Å². The number of likely N-dealkylation sites (tertiary alicyclic amines) is 2. The summed E-state index contributed by atoms with van der Waals surface area (Å²) < 4.78 is 55.4. The Bertz CT molecular complexity index is 1430. The van der Waals surface area contributed by atoms with Gasteiger partial charge < -0.3 is 10.2 Å². The Morgan fingerprint density at radius 1 is 0.976 bits per heavy atom. The minimum atomic E-state index is -4.28. The molecule has 222 valence electrons. The van der Waals surface area contributed by atoms with E-state index in [-0.39, 0.29) is 24.4 Å². The normalized spacial score (nSPS) is 21.4. The molecule has 5 nitrogen and oxygen atoms in total. The molecule has 0 spiro atoms. The third-order valence-corrected chi connectivity index (χ3v) is 8.44. The van der Waals surface area contributed by atoms with Crippen LogP contribution in [0.5, 0.6) is 0 Å². The summed E-state index contributed by atoms with van der Waals surface area (Å²) in [6.45, 7) is 2.50. The molecule has 3 unspecified atom stereocenters. The molecule has 42 heavy (non-hydrogen) atoms. The van der Waals surface area contributed by atoms with E-state index in [4.69, 9.17) is 11.6 Å². The lowest BCUT2D eigenvalue weighted by molar-refractivity contribution is -0.177. The Morgan fingerprint density at radius 2 is 1.69 bits per heavy atom. The van der Waals surface area contributed by atoms with Gasteiger partial charge in [-0.2, -0.15) is 13.2 Å². The number of alkyl halides is 3. The SMILES string of the molecule is Cc1cccc(F)c1C(=O)N1CCCC(C(=O)Nc2cccc(Cl)c2)C1c1ccc(CN2CCCC2C(F)(F)F)cc1. The van der Waals surface area contributed by atoms with Gasteiger partial charge in [-0.1, -0.05) is 54.1 Å². The Morgan fingerprint density at radius 3 is 2.38 bits per heavy atom. The molecule has 10 heteroatoms. The lowest BCUT2D eigenvalue weighted by atomic mass is 9.83. The summed E-state index contributed by atoms with van der Waals surface area (Å²) >= 11 is 6.10. The summed E-state index contributed by atoms with van der Waals surface area (Å²) in [7, 11) is 0. The van der Waals surface area contributed by atoms with E-state index in [1.54, 1.807) is 72.5 Å². The molecule has 0 radical (unpaired) electrons. The highest BCUT2D eigenvalue weighted by atomic mass is 35.5. The van der Waals surface area contributed by atoms with Crippen LogP contribution in [-0.4, -0.2) is 46.9 Å². The molecule has 0 saturated carbocycles. The Hall–Kier alpha value is -3.43. The number of carbonyl (C=O) groups excluding carboxylic acids is 2. The zero-order valence-corrected chi connectivity index (χ0v) is 23.9. The van der Waals surface area contributed by atoms with Gasteiger partial charge in [0.15, 0.2) is 0 Å². The minimum Gasteiger partial charge on any atom is -0.331 e. The number of amides is 2. The first kappa shape index (κ1) is 30.0. The van der Waals surface area contributed by atoms with Crippen LogP contribution < -0.4 is 5.32 Å². The van der Waals surface area contributed by atoms with Crippen molar-refractivity contribution in [2.45, 2.75) is 57.4 Å². The van der Waals surface area contributed by atoms with Crippen LogP contribution in [0.25, 0.3) is 0 Å². The molecule has 2 aliphatic heterocycles. The van der Waals surface area contributed by atoms with Crippen LogP contribution in [0.2, 0.25) is 5.02 Å². The number of carbonyl (C=O) groups is 2. The van der Waals surface area contributed by atoms with Crippen molar-refractivity contribution >= 4 is 29.1 Å². The van der Waals surface area contributed by atoms with Crippen molar-refractivity contribution in [2.75, 3.05) is 18.4 Å². The maximum absolute atomic E-state index is 14.9. The number of nitrogens with zero attached hydrogens (tertiary/aromatic N) is 2. The van der Waals surface area contributed by atoms with Crippen molar-refractivity contribution in [3.63, 3.8) is 0 Å². The topological polar surface area (TPSA) is 52.7 Å². The molecular weight excluding hydrogens is 570 g/mol. The third-order valence-electron chi connectivity index (χ3n) is 8.21. The first-order valence-electron chi connectivity index (χ1n) is 14.0. The number of anilines is 1. The van der Waals surface area contributed by atoms with Crippen LogP contribution in [0.15, 0.2) is 66.7 Å². The molecule has 0 bridgehead atoms. The number of hydrogen-bond acceptors (Lipinski definition) is 3. The zero-order valence-electron chi connectivity index (χ0n) is 23.1. The highest BCUT2D eigenvalue weighted by Crippen LogP contribution is 2.39. The lowest BCUT2D eigenvalue weighted by Gasteiger charge is -2.41. The molecule has 2 aliphatic rings. The van der Waals surface area contributed by atoms with Crippen LogP contribution >= 0.6 is 11.6 Å². The number of benzene rings is 3. The molecule has 2 saturated heterocycles. The van der Waals surface area contributed by atoms with Crippen molar-refractivity contribution in [3.05, 3.63) is 99.8 Å². The summed E-state index contributed by atoms with van der Waals surface area (Å²) in [5, 5.41) is 3.36. The van der Waals surface area contributed by atoms with E-state index in [0.29, 0.717) is 59.8 Å². The van der Waals surface area contributed by atoms with E-state index in [0.717, 1.165) is 0 Å². The molecule has 2 heterocycles. The average Bonchev–Trinajstić information content (AvgIpc) is 3.42. The van der Waals surface area contributed by atoms with Gasteiger partial charge in [0.25, 0.3) is 5.91 Å². The zero-order chi connectivity index (χ0) is 30.0. The number of rotatable bonds is 6. The first-order chi connectivity index (χ1) is 20.0. The Balaban J connectivity index is 1.46. The van der Waals surface area contributed by atoms with Crippen LogP contribution in [0.4, 0.5) is 23.2 Å². The van der Waals surface area contributed by atoms with Gasteiger partial charge in [0.2, 0.25) is 5.91 Å². The average molecular weight is 602 g/mol. The fraction of sp³-hybridized carbons (Fsp3) is 0.375. The van der Waals surface area contributed by atoms with Gasteiger partial charge in [-0.05, 0) is 80.1 Å². The Kier molecular flexibility index (Phi) is 8.89. The predicted octanol–water partition coefficient (Wildman–Crippen LogP) is 7.55. The molecule has 1 N–H and O–H groups in total. The maximum Gasteiger partial charge on any atom is 0.404 e. The smallest absolute Gasteiger partial charge is 0.331 e. The van der Waals surface area contributed by atoms with Gasteiger partial charge in [0.05, 0.1) is 17.5 Å². The molecule has 2 amide bonds. The predicted molar refractivity (Wildman–Crippen MR) is 154 cm³/mol. The second-order valence-corrected chi connectivity index (χ2v) is 11.5. The highest BCUT2D eigenvalue weighted by Gasteiger charge is 2.46. The number of aryl methyl sites for hydroxylation is 1. The standard InChI is InChI=1S/C32H32ClF4N3O2/c1-20-6-2-10-26(34)28(20)31(42)40-17-4-9-25(30(41)38-24-8-3-7-23(33)18-24)29(40)22-14-12-21(13-15-22)19-39-16-5-11-27(39)32(35,36)37/h2-3,6-8,10,12-15,18,25,27,29H,4-5,9,11,16-17,19H2,1H3,(H,38,41). The summed E-state index contributed by atoms with van der Waals surface area (Å²) in [6, 6.07) is 16.0. The summed E-state index contributed by atoms with van der Waals surface area (Å²) in [5.74, 6) is -2.11.